The molecule has 4 N–H and O–H groups in total. The average molecular weight is 326 g/mol. The fraction of sp³-hybridized carbons (Fsp3) is 0.467. The fourth-order valence-corrected chi connectivity index (χ4v) is 3.45. The van der Waals surface area contributed by atoms with Crippen LogP contribution in [0.5, 0.6) is 0 Å². The van der Waals surface area contributed by atoms with E-state index in [2.05, 4.69) is 33.5 Å². The molecule has 0 aliphatic carbocycles. The van der Waals surface area contributed by atoms with Crippen molar-refractivity contribution in [1.82, 2.24) is 9.80 Å². The summed E-state index contributed by atoms with van der Waals surface area (Å²) in [5.74, 6) is 0.337. The molecule has 1 aromatic rings. The van der Waals surface area contributed by atoms with Crippen LogP contribution in [0.25, 0.3) is 0 Å². The van der Waals surface area contributed by atoms with E-state index in [4.69, 9.17) is 0 Å². The standard InChI is InChI=1S/C15H26N4O2S/c1-3-16-14-4-6-15(7-5-14)17-22(20,21)13-12-19-10-8-18(2)9-11-19/h3-7,16-17,20-21H,1,8-13H2,2H3. The van der Waals surface area contributed by atoms with Gasteiger partial charge in [0.2, 0.25) is 0 Å². The van der Waals surface area contributed by atoms with E-state index in [9.17, 15) is 9.11 Å². The Morgan fingerprint density at radius 2 is 1.73 bits per heavy atom. The van der Waals surface area contributed by atoms with Gasteiger partial charge in [0.25, 0.3) is 0 Å². The fourth-order valence-electron chi connectivity index (χ4n) is 2.32. The van der Waals surface area contributed by atoms with Crippen LogP contribution in [-0.2, 0) is 0 Å². The van der Waals surface area contributed by atoms with Crippen LogP contribution in [0.15, 0.2) is 37.0 Å². The first-order chi connectivity index (χ1) is 10.5. The van der Waals surface area contributed by atoms with Gasteiger partial charge >= 0.3 is 0 Å². The van der Waals surface area contributed by atoms with Crippen molar-refractivity contribution >= 4 is 22.2 Å². The molecule has 1 saturated heterocycles. The zero-order valence-electron chi connectivity index (χ0n) is 13.0. The molecular weight excluding hydrogens is 300 g/mol. The Morgan fingerprint density at radius 1 is 1.14 bits per heavy atom. The molecule has 0 atom stereocenters. The second-order valence-corrected chi connectivity index (χ2v) is 7.49. The molecule has 1 heterocycles. The molecule has 0 spiro atoms. The number of nitrogens with zero attached hydrogens (tertiary/aromatic N) is 2. The average Bonchev–Trinajstić information content (AvgIpc) is 2.49. The summed E-state index contributed by atoms with van der Waals surface area (Å²) >= 11 is 0. The maximum absolute atomic E-state index is 10.2. The monoisotopic (exact) mass is 326 g/mol. The second-order valence-electron chi connectivity index (χ2n) is 5.54. The molecule has 2 rings (SSSR count). The number of piperazine rings is 1. The highest BCUT2D eigenvalue weighted by molar-refractivity contribution is 8.25. The lowest BCUT2D eigenvalue weighted by molar-refractivity contribution is 0.160. The van der Waals surface area contributed by atoms with E-state index in [-0.39, 0.29) is 0 Å². The van der Waals surface area contributed by atoms with Crippen LogP contribution in [0.2, 0.25) is 0 Å². The van der Waals surface area contributed by atoms with Gasteiger partial charge in [-0.2, -0.15) is 0 Å². The quantitative estimate of drug-likeness (QED) is 0.617. The first-order valence-electron chi connectivity index (χ1n) is 7.40. The van der Waals surface area contributed by atoms with Gasteiger partial charge in [0.15, 0.2) is 0 Å². The Kier molecular flexibility index (Phi) is 6.10. The van der Waals surface area contributed by atoms with Crippen molar-refractivity contribution in [1.29, 1.82) is 0 Å². The lowest BCUT2D eigenvalue weighted by Gasteiger charge is -2.38. The number of rotatable bonds is 7. The molecule has 0 amide bonds. The zero-order chi connectivity index (χ0) is 16.0. The van der Waals surface area contributed by atoms with E-state index in [1.165, 1.54) is 0 Å². The van der Waals surface area contributed by atoms with Crippen molar-refractivity contribution in [2.75, 3.05) is 55.6 Å². The van der Waals surface area contributed by atoms with E-state index < -0.39 is 10.8 Å². The minimum atomic E-state index is -2.82. The summed E-state index contributed by atoms with van der Waals surface area (Å²) in [5, 5.41) is 2.98. The van der Waals surface area contributed by atoms with Crippen molar-refractivity contribution in [2.45, 2.75) is 0 Å². The maximum Gasteiger partial charge on any atom is 0.0703 e. The Balaban J connectivity index is 1.80. The maximum atomic E-state index is 10.2. The summed E-state index contributed by atoms with van der Waals surface area (Å²) < 4.78 is 23.2. The minimum Gasteiger partial charge on any atom is -0.362 e. The normalized spacial score (nSPS) is 18.0. The van der Waals surface area contributed by atoms with Crippen LogP contribution in [0, 0.1) is 0 Å². The SMILES string of the molecule is C=CNc1ccc(NS(O)(O)CCN2CCN(C)CC2)cc1. The third-order valence-corrected chi connectivity index (χ3v) is 5.04. The number of nitrogens with one attached hydrogen (secondary N) is 2. The molecule has 0 radical (unpaired) electrons. The molecule has 1 aliphatic heterocycles. The minimum absolute atomic E-state index is 0.337. The second kappa shape index (κ2) is 7.85. The van der Waals surface area contributed by atoms with Crippen LogP contribution >= 0.6 is 10.8 Å². The summed E-state index contributed by atoms with van der Waals surface area (Å²) in [6.07, 6.45) is 1.60. The van der Waals surface area contributed by atoms with Crippen molar-refractivity contribution < 1.29 is 9.11 Å². The van der Waals surface area contributed by atoms with Gasteiger partial charge in [-0.05, 0) is 37.5 Å². The number of benzene rings is 1. The Labute approximate surface area is 134 Å². The van der Waals surface area contributed by atoms with Gasteiger partial charge in [0, 0.05) is 38.4 Å². The molecule has 22 heavy (non-hydrogen) atoms. The summed E-state index contributed by atoms with van der Waals surface area (Å²) in [6.45, 7) is 8.32. The van der Waals surface area contributed by atoms with Gasteiger partial charge < -0.3 is 10.2 Å². The zero-order valence-corrected chi connectivity index (χ0v) is 13.9. The molecule has 1 aliphatic rings. The van der Waals surface area contributed by atoms with E-state index >= 15 is 0 Å². The van der Waals surface area contributed by atoms with Crippen LogP contribution in [0.1, 0.15) is 0 Å². The largest absolute Gasteiger partial charge is 0.362 e. The van der Waals surface area contributed by atoms with E-state index in [0.717, 1.165) is 31.9 Å². The van der Waals surface area contributed by atoms with Gasteiger partial charge in [-0.15, -0.1) is 10.8 Å². The Morgan fingerprint density at radius 3 is 2.32 bits per heavy atom. The molecule has 0 bridgehead atoms. The van der Waals surface area contributed by atoms with Crippen LogP contribution in [0.4, 0.5) is 11.4 Å². The Bertz CT molecular complexity index is 473. The van der Waals surface area contributed by atoms with Crippen molar-refractivity contribution in [3.8, 4) is 0 Å². The van der Waals surface area contributed by atoms with E-state index in [0.29, 0.717) is 18.0 Å². The molecule has 6 nitrogen and oxygen atoms in total. The predicted molar refractivity (Wildman–Crippen MR) is 95.5 cm³/mol. The van der Waals surface area contributed by atoms with Crippen LogP contribution < -0.4 is 10.0 Å². The molecule has 0 saturated carbocycles. The lowest BCUT2D eigenvalue weighted by atomic mass is 10.3. The van der Waals surface area contributed by atoms with Gasteiger partial charge in [-0.25, -0.2) is 0 Å². The molecular formula is C15H26N4O2S. The summed E-state index contributed by atoms with van der Waals surface area (Å²) in [7, 11) is -0.710. The van der Waals surface area contributed by atoms with Gasteiger partial charge in [-0.1, -0.05) is 6.58 Å². The summed E-state index contributed by atoms with van der Waals surface area (Å²) in [5.41, 5.74) is 1.61. The summed E-state index contributed by atoms with van der Waals surface area (Å²) in [6, 6.07) is 7.35. The van der Waals surface area contributed by atoms with E-state index in [1.807, 2.05) is 24.3 Å². The van der Waals surface area contributed by atoms with Gasteiger partial charge in [-0.3, -0.25) is 18.7 Å². The van der Waals surface area contributed by atoms with Gasteiger partial charge in [0.05, 0.1) is 11.4 Å². The van der Waals surface area contributed by atoms with Crippen molar-refractivity contribution in [2.24, 2.45) is 0 Å². The highest BCUT2D eigenvalue weighted by Gasteiger charge is 2.18. The molecule has 0 aromatic heterocycles. The molecule has 0 unspecified atom stereocenters. The van der Waals surface area contributed by atoms with Crippen LogP contribution in [0.3, 0.4) is 0 Å². The number of anilines is 2. The van der Waals surface area contributed by atoms with E-state index in [1.54, 1.807) is 6.20 Å². The Hall–Kier alpha value is -1.25. The molecule has 124 valence electrons. The van der Waals surface area contributed by atoms with Crippen molar-refractivity contribution in [3.63, 3.8) is 0 Å². The predicted octanol–water partition coefficient (Wildman–Crippen LogP) is 2.57. The smallest absolute Gasteiger partial charge is 0.0703 e. The first kappa shape index (κ1) is 17.1. The topological polar surface area (TPSA) is 71.0 Å². The van der Waals surface area contributed by atoms with Crippen LogP contribution in [-0.4, -0.2) is 64.4 Å². The highest BCUT2D eigenvalue weighted by atomic mass is 32.3. The third-order valence-electron chi connectivity index (χ3n) is 3.72. The summed E-state index contributed by atoms with van der Waals surface area (Å²) in [4.78, 5) is 4.55. The molecule has 1 fully saturated rings. The molecule has 7 heteroatoms. The molecule has 1 aromatic carbocycles. The number of hydrogen-bond acceptors (Lipinski definition) is 6. The third kappa shape index (κ3) is 5.51. The number of hydrogen-bond donors (Lipinski definition) is 4. The lowest BCUT2D eigenvalue weighted by Crippen LogP contribution is -2.45. The van der Waals surface area contributed by atoms with Crippen molar-refractivity contribution in [3.05, 3.63) is 37.0 Å². The number of likely N-dealkylation sites (N-methyl/N-ethyl adjacent to an activating group) is 1. The first-order valence-corrected chi connectivity index (χ1v) is 9.12. The van der Waals surface area contributed by atoms with Gasteiger partial charge in [0.1, 0.15) is 0 Å². The highest BCUT2D eigenvalue weighted by Crippen LogP contribution is 2.38.